The molecule has 11 heteroatoms. The summed E-state index contributed by atoms with van der Waals surface area (Å²) in [5.41, 5.74) is 9.69. The molecule has 2 heterocycles. The number of carboxylic acid groups (broad SMARTS) is 2. The minimum absolute atomic E-state index is 0. The third-order valence-electron chi connectivity index (χ3n) is 5.22. The van der Waals surface area contributed by atoms with Gasteiger partial charge in [-0.1, -0.05) is 36.4 Å². The molecule has 2 aromatic carbocycles. The number of rotatable bonds is 8. The van der Waals surface area contributed by atoms with Gasteiger partial charge in [-0.25, -0.2) is 19.3 Å². The Labute approximate surface area is 206 Å². The van der Waals surface area contributed by atoms with E-state index in [0.29, 0.717) is 25.1 Å². The molecule has 2 amide bonds. The number of aromatic nitrogens is 1. The van der Waals surface area contributed by atoms with Gasteiger partial charge in [-0.05, 0) is 41.8 Å². The molecule has 190 valence electrons. The number of carbonyl (C=O) groups is 4. The van der Waals surface area contributed by atoms with Crippen LogP contribution < -0.4 is 5.73 Å². The van der Waals surface area contributed by atoms with Crippen LogP contribution in [-0.4, -0.2) is 62.2 Å². The fourth-order valence-electron chi connectivity index (χ4n) is 3.61. The zero-order valence-electron chi connectivity index (χ0n) is 19.2. The van der Waals surface area contributed by atoms with Gasteiger partial charge < -0.3 is 31.1 Å². The van der Waals surface area contributed by atoms with Crippen LogP contribution in [0.3, 0.4) is 0 Å². The van der Waals surface area contributed by atoms with Gasteiger partial charge in [0.1, 0.15) is 0 Å². The highest BCUT2D eigenvalue weighted by Gasteiger charge is 2.40. The maximum atomic E-state index is 12.7. The number of nitrogens with two attached hydrogens (primary N) is 1. The van der Waals surface area contributed by atoms with Gasteiger partial charge >= 0.3 is 18.0 Å². The molecule has 11 nitrogen and oxygen atoms in total. The van der Waals surface area contributed by atoms with Gasteiger partial charge in [-0.15, -0.1) is 0 Å². The zero-order chi connectivity index (χ0) is 25.4. The molecule has 0 aliphatic carbocycles. The smallest absolute Gasteiger partial charge is 0.417 e. The average molecular weight is 498 g/mol. The number of nitrogens with zero attached hydrogens (tertiary/aromatic N) is 1. The summed E-state index contributed by atoms with van der Waals surface area (Å²) in [7, 11) is 0. The lowest BCUT2D eigenvalue weighted by atomic mass is 10.0. The van der Waals surface area contributed by atoms with Crippen LogP contribution in [0.2, 0.25) is 0 Å². The molecule has 1 saturated heterocycles. The Balaban J connectivity index is 0.000000442. The lowest BCUT2D eigenvalue weighted by Crippen LogP contribution is -2.31. The fraction of sp³-hybridized carbons (Fsp3) is 0.200. The normalized spacial score (nSPS) is 14.8. The monoisotopic (exact) mass is 497 g/mol. The van der Waals surface area contributed by atoms with E-state index in [-0.39, 0.29) is 17.9 Å². The van der Waals surface area contributed by atoms with Crippen molar-refractivity contribution in [3.05, 3.63) is 83.6 Å². The Kier molecular flexibility index (Phi) is 9.90. The SMILES string of the molecule is NCCc1c[nH]c2ccc(CC3OC(=O)N(Cc4ccccc4)C3=O)cc12.O.O=C(O)C=CC(=O)O. The van der Waals surface area contributed by atoms with Crippen molar-refractivity contribution in [3.63, 3.8) is 0 Å². The second-order valence-electron chi connectivity index (χ2n) is 7.73. The van der Waals surface area contributed by atoms with Crippen LogP contribution in [-0.2, 0) is 38.5 Å². The minimum atomic E-state index is -1.26. The summed E-state index contributed by atoms with van der Waals surface area (Å²) in [6, 6.07) is 15.4. The number of cyclic esters (lactones) is 1. The summed E-state index contributed by atoms with van der Waals surface area (Å²) >= 11 is 0. The number of amides is 2. The highest BCUT2D eigenvalue weighted by Crippen LogP contribution is 2.24. The molecule has 0 radical (unpaired) electrons. The lowest BCUT2D eigenvalue weighted by Gasteiger charge is -2.11. The van der Waals surface area contributed by atoms with Crippen LogP contribution >= 0.6 is 0 Å². The van der Waals surface area contributed by atoms with E-state index < -0.39 is 24.1 Å². The van der Waals surface area contributed by atoms with Gasteiger partial charge in [0, 0.05) is 35.7 Å². The molecule has 1 aliphatic rings. The maximum absolute atomic E-state index is 12.7. The van der Waals surface area contributed by atoms with Gasteiger partial charge in [-0.3, -0.25) is 4.79 Å². The lowest BCUT2D eigenvalue weighted by molar-refractivity contribution is -0.134. The summed E-state index contributed by atoms with van der Waals surface area (Å²) in [5.74, 6) is -2.81. The van der Waals surface area contributed by atoms with E-state index in [9.17, 15) is 19.2 Å². The van der Waals surface area contributed by atoms with E-state index in [1.165, 1.54) is 4.90 Å². The van der Waals surface area contributed by atoms with E-state index in [0.717, 1.165) is 34.0 Å². The van der Waals surface area contributed by atoms with Crippen LogP contribution in [0, 0.1) is 0 Å². The van der Waals surface area contributed by atoms with Crippen molar-refractivity contribution >= 4 is 34.8 Å². The summed E-state index contributed by atoms with van der Waals surface area (Å²) in [6.07, 6.45) is 2.86. The first-order valence-corrected chi connectivity index (χ1v) is 10.8. The van der Waals surface area contributed by atoms with Crippen molar-refractivity contribution in [1.82, 2.24) is 9.88 Å². The Morgan fingerprint density at radius 1 is 1.03 bits per heavy atom. The van der Waals surface area contributed by atoms with Crippen molar-refractivity contribution in [2.75, 3.05) is 6.54 Å². The second kappa shape index (κ2) is 12.8. The van der Waals surface area contributed by atoms with Gasteiger partial charge in [0.25, 0.3) is 5.91 Å². The van der Waals surface area contributed by atoms with E-state index in [1.807, 2.05) is 54.7 Å². The summed E-state index contributed by atoms with van der Waals surface area (Å²) < 4.78 is 5.34. The van der Waals surface area contributed by atoms with Crippen molar-refractivity contribution in [2.24, 2.45) is 5.73 Å². The van der Waals surface area contributed by atoms with Gasteiger partial charge in [-0.2, -0.15) is 0 Å². The van der Waals surface area contributed by atoms with Gasteiger partial charge in [0.2, 0.25) is 0 Å². The molecule has 1 aromatic heterocycles. The Hall–Kier alpha value is -4.48. The Bertz CT molecular complexity index is 1240. The first kappa shape index (κ1) is 27.8. The van der Waals surface area contributed by atoms with E-state index >= 15 is 0 Å². The van der Waals surface area contributed by atoms with Gasteiger partial charge in [0.05, 0.1) is 6.54 Å². The molecule has 3 aromatic rings. The molecule has 1 fully saturated rings. The van der Waals surface area contributed by atoms with Crippen LogP contribution in [0.25, 0.3) is 10.9 Å². The highest BCUT2D eigenvalue weighted by molar-refractivity contribution is 6.00. The van der Waals surface area contributed by atoms with Crippen LogP contribution in [0.4, 0.5) is 4.79 Å². The number of H-pyrrole nitrogens is 1. The quantitative estimate of drug-likeness (QED) is 0.337. The standard InChI is InChI=1S/C21H21N3O3.C4H4O4.H2O/c22-9-8-16-12-23-18-7-6-15(10-17(16)18)11-19-20(25)24(21(26)27-19)13-14-4-2-1-3-5-14;5-3(6)1-2-4(7)8;/h1-7,10,12,19,23H,8-9,11,13,22H2;1-2H,(H,5,6)(H,7,8);1H2. The third-order valence-corrected chi connectivity index (χ3v) is 5.22. The number of carboxylic acids is 2. The Morgan fingerprint density at radius 2 is 1.69 bits per heavy atom. The third kappa shape index (κ3) is 7.26. The number of imide groups is 1. The van der Waals surface area contributed by atoms with E-state index in [4.69, 9.17) is 20.7 Å². The molecule has 7 N–H and O–H groups in total. The summed E-state index contributed by atoms with van der Waals surface area (Å²) in [5, 5.41) is 16.7. The van der Waals surface area contributed by atoms with Crippen molar-refractivity contribution in [3.8, 4) is 0 Å². The predicted molar refractivity (Wildman–Crippen MR) is 130 cm³/mol. The topological polar surface area (TPSA) is 195 Å². The highest BCUT2D eigenvalue weighted by atomic mass is 16.6. The number of aliphatic carboxylic acids is 2. The maximum Gasteiger partial charge on any atom is 0.417 e. The van der Waals surface area contributed by atoms with Crippen LogP contribution in [0.15, 0.2) is 66.9 Å². The first-order chi connectivity index (χ1) is 16.8. The van der Waals surface area contributed by atoms with E-state index in [1.54, 1.807) is 0 Å². The molecule has 4 rings (SSSR count). The zero-order valence-corrected chi connectivity index (χ0v) is 19.2. The Morgan fingerprint density at radius 3 is 2.31 bits per heavy atom. The molecule has 0 saturated carbocycles. The number of carbonyl (C=O) groups excluding carboxylic acids is 2. The molecule has 0 spiro atoms. The van der Waals surface area contributed by atoms with Crippen LogP contribution in [0.1, 0.15) is 16.7 Å². The van der Waals surface area contributed by atoms with Crippen molar-refractivity contribution in [2.45, 2.75) is 25.5 Å². The number of aromatic amines is 1. The molecule has 1 atom stereocenters. The number of hydrogen-bond acceptors (Lipinski definition) is 6. The number of hydrogen-bond donors (Lipinski definition) is 4. The average Bonchev–Trinajstić information content (AvgIpc) is 3.34. The molecule has 0 bridgehead atoms. The van der Waals surface area contributed by atoms with Crippen molar-refractivity contribution < 1.29 is 39.6 Å². The number of benzene rings is 2. The molecule has 36 heavy (non-hydrogen) atoms. The summed E-state index contributed by atoms with van der Waals surface area (Å²) in [6.45, 7) is 0.802. The molecule has 1 aliphatic heterocycles. The van der Waals surface area contributed by atoms with Crippen LogP contribution in [0.5, 0.6) is 0 Å². The minimum Gasteiger partial charge on any atom is -0.478 e. The van der Waals surface area contributed by atoms with Crippen molar-refractivity contribution in [1.29, 1.82) is 0 Å². The van der Waals surface area contributed by atoms with E-state index in [2.05, 4.69) is 4.98 Å². The largest absolute Gasteiger partial charge is 0.478 e. The predicted octanol–water partition coefficient (Wildman–Crippen LogP) is 1.65. The first-order valence-electron chi connectivity index (χ1n) is 10.8. The summed E-state index contributed by atoms with van der Waals surface area (Å²) in [4.78, 5) is 48.3. The number of fused-ring (bicyclic) bond motifs is 1. The molecular weight excluding hydrogens is 470 g/mol. The number of ether oxygens (including phenoxy) is 1. The number of nitrogens with one attached hydrogen (secondary N) is 1. The molecule has 1 unspecified atom stereocenters. The second-order valence-corrected chi connectivity index (χ2v) is 7.73. The fourth-order valence-corrected chi connectivity index (χ4v) is 3.61. The molecular formula is C25H27N3O8. The van der Waals surface area contributed by atoms with Gasteiger partial charge in [0.15, 0.2) is 6.10 Å².